The van der Waals surface area contributed by atoms with Crippen LogP contribution in [-0.4, -0.2) is 19.6 Å². The third-order valence-corrected chi connectivity index (χ3v) is 4.95. The molecule has 0 aliphatic carbocycles. The van der Waals surface area contributed by atoms with E-state index in [4.69, 9.17) is 14.7 Å². The molecule has 31 heavy (non-hydrogen) atoms. The van der Waals surface area contributed by atoms with Crippen molar-refractivity contribution in [2.45, 2.75) is 25.8 Å². The monoisotopic (exact) mass is 414 g/mol. The molecule has 0 bridgehead atoms. The SMILES string of the molecule is COc1cc(C#N)ccc1OCCCC(=O)NC(c1ccccc1)c1ccc(C)cc1. The molecule has 0 heterocycles. The van der Waals surface area contributed by atoms with Crippen LogP contribution in [-0.2, 0) is 4.79 Å². The lowest BCUT2D eigenvalue weighted by Crippen LogP contribution is -2.29. The standard InChI is InChI=1S/C26H26N2O3/c1-19-10-13-22(14-11-19)26(21-7-4-3-5-8-21)28-25(29)9-6-16-31-23-15-12-20(18-27)17-24(23)30-2/h3-5,7-8,10-15,17,26H,6,9,16H2,1-2H3,(H,28,29). The topological polar surface area (TPSA) is 71.3 Å². The number of ether oxygens (including phenoxy) is 2. The fourth-order valence-electron chi connectivity index (χ4n) is 3.27. The van der Waals surface area contributed by atoms with Gasteiger partial charge in [0.2, 0.25) is 5.91 Å². The van der Waals surface area contributed by atoms with E-state index in [1.165, 1.54) is 12.7 Å². The summed E-state index contributed by atoms with van der Waals surface area (Å²) in [6, 6.07) is 25.0. The Bertz CT molecular complexity index is 1040. The van der Waals surface area contributed by atoms with E-state index < -0.39 is 0 Å². The van der Waals surface area contributed by atoms with E-state index in [2.05, 4.69) is 23.5 Å². The van der Waals surface area contributed by atoms with Crippen LogP contribution in [0.3, 0.4) is 0 Å². The average Bonchev–Trinajstić information content (AvgIpc) is 2.81. The smallest absolute Gasteiger partial charge is 0.220 e. The van der Waals surface area contributed by atoms with Crippen LogP contribution in [0.25, 0.3) is 0 Å². The van der Waals surface area contributed by atoms with Crippen LogP contribution < -0.4 is 14.8 Å². The first-order valence-electron chi connectivity index (χ1n) is 10.2. The van der Waals surface area contributed by atoms with Crippen LogP contribution in [0.2, 0.25) is 0 Å². The number of carbonyl (C=O) groups is 1. The van der Waals surface area contributed by atoms with Crippen LogP contribution in [0, 0.1) is 18.3 Å². The van der Waals surface area contributed by atoms with Gasteiger partial charge in [0.1, 0.15) is 0 Å². The summed E-state index contributed by atoms with van der Waals surface area (Å²) in [6.07, 6.45) is 0.901. The number of hydrogen-bond acceptors (Lipinski definition) is 4. The molecule has 0 spiro atoms. The summed E-state index contributed by atoms with van der Waals surface area (Å²) >= 11 is 0. The van der Waals surface area contributed by atoms with Gasteiger partial charge >= 0.3 is 0 Å². The molecule has 5 heteroatoms. The Morgan fingerprint density at radius 2 is 1.71 bits per heavy atom. The second-order valence-corrected chi connectivity index (χ2v) is 7.25. The molecule has 3 aromatic rings. The van der Waals surface area contributed by atoms with Crippen molar-refractivity contribution in [3.8, 4) is 17.6 Å². The summed E-state index contributed by atoms with van der Waals surface area (Å²) in [5, 5.41) is 12.1. The van der Waals surface area contributed by atoms with Crippen LogP contribution in [0.15, 0.2) is 72.8 Å². The first-order chi connectivity index (χ1) is 15.1. The van der Waals surface area contributed by atoms with Gasteiger partial charge in [-0.25, -0.2) is 0 Å². The van der Waals surface area contributed by atoms with E-state index in [0.29, 0.717) is 36.5 Å². The quantitative estimate of drug-likeness (QED) is 0.504. The Kier molecular flexibility index (Phi) is 7.67. The van der Waals surface area contributed by atoms with Crippen LogP contribution >= 0.6 is 0 Å². The van der Waals surface area contributed by atoms with Gasteiger partial charge in [0, 0.05) is 12.5 Å². The molecule has 0 saturated heterocycles. The number of rotatable bonds is 9. The van der Waals surface area contributed by atoms with E-state index in [1.807, 2.05) is 49.4 Å². The summed E-state index contributed by atoms with van der Waals surface area (Å²) in [4.78, 5) is 12.7. The maximum atomic E-state index is 12.7. The van der Waals surface area contributed by atoms with Crippen molar-refractivity contribution < 1.29 is 14.3 Å². The number of nitrogens with one attached hydrogen (secondary N) is 1. The highest BCUT2D eigenvalue weighted by atomic mass is 16.5. The lowest BCUT2D eigenvalue weighted by molar-refractivity contribution is -0.121. The molecule has 3 rings (SSSR count). The maximum absolute atomic E-state index is 12.7. The largest absolute Gasteiger partial charge is 0.493 e. The summed E-state index contributed by atoms with van der Waals surface area (Å²) in [5.41, 5.74) is 3.77. The zero-order valence-electron chi connectivity index (χ0n) is 17.8. The van der Waals surface area contributed by atoms with Crippen LogP contribution in [0.5, 0.6) is 11.5 Å². The fraction of sp³-hybridized carbons (Fsp3) is 0.231. The molecule has 1 N–H and O–H groups in total. The number of carbonyl (C=O) groups excluding carboxylic acids is 1. The number of nitrogens with zero attached hydrogens (tertiary/aromatic N) is 1. The van der Waals surface area contributed by atoms with Crippen LogP contribution in [0.1, 0.15) is 41.1 Å². The molecule has 158 valence electrons. The van der Waals surface area contributed by atoms with E-state index in [-0.39, 0.29) is 11.9 Å². The maximum Gasteiger partial charge on any atom is 0.220 e. The number of nitriles is 1. The predicted octanol–water partition coefficient (Wildman–Crippen LogP) is 4.94. The molecule has 0 fully saturated rings. The van der Waals surface area contributed by atoms with E-state index in [1.54, 1.807) is 18.2 Å². The minimum Gasteiger partial charge on any atom is -0.493 e. The van der Waals surface area contributed by atoms with Gasteiger partial charge in [-0.3, -0.25) is 4.79 Å². The van der Waals surface area contributed by atoms with Gasteiger partial charge in [-0.15, -0.1) is 0 Å². The lowest BCUT2D eigenvalue weighted by atomic mass is 9.97. The number of benzene rings is 3. The molecular formula is C26H26N2O3. The highest BCUT2D eigenvalue weighted by molar-refractivity contribution is 5.77. The molecule has 1 amide bonds. The van der Waals surface area contributed by atoms with Gasteiger partial charge in [0.25, 0.3) is 0 Å². The van der Waals surface area contributed by atoms with Crippen molar-refractivity contribution in [2.24, 2.45) is 0 Å². The molecule has 0 aromatic heterocycles. The fourth-order valence-corrected chi connectivity index (χ4v) is 3.27. The highest BCUT2D eigenvalue weighted by Crippen LogP contribution is 2.28. The Labute approximate surface area is 183 Å². The molecule has 1 unspecified atom stereocenters. The van der Waals surface area contributed by atoms with E-state index in [9.17, 15) is 4.79 Å². The Morgan fingerprint density at radius 1 is 1.00 bits per heavy atom. The Hall–Kier alpha value is -3.78. The van der Waals surface area contributed by atoms with Gasteiger partial charge in [-0.1, -0.05) is 60.2 Å². The van der Waals surface area contributed by atoms with Gasteiger partial charge < -0.3 is 14.8 Å². The number of methoxy groups -OCH3 is 1. The Balaban J connectivity index is 1.58. The minimum atomic E-state index is -0.200. The molecular weight excluding hydrogens is 388 g/mol. The van der Waals surface area contributed by atoms with Crippen molar-refractivity contribution in [2.75, 3.05) is 13.7 Å². The molecule has 1 atom stereocenters. The molecule has 0 radical (unpaired) electrons. The lowest BCUT2D eigenvalue weighted by Gasteiger charge is -2.20. The summed E-state index contributed by atoms with van der Waals surface area (Å²) in [6.45, 7) is 2.42. The van der Waals surface area contributed by atoms with Crippen LogP contribution in [0.4, 0.5) is 0 Å². The highest BCUT2D eigenvalue weighted by Gasteiger charge is 2.16. The normalized spacial score (nSPS) is 11.3. The van der Waals surface area contributed by atoms with Crippen molar-refractivity contribution in [3.05, 3.63) is 95.1 Å². The molecule has 0 aliphatic rings. The average molecular weight is 415 g/mol. The summed E-state index contributed by atoms with van der Waals surface area (Å²) in [7, 11) is 1.53. The summed E-state index contributed by atoms with van der Waals surface area (Å²) in [5.74, 6) is 1.03. The second-order valence-electron chi connectivity index (χ2n) is 7.25. The first-order valence-corrected chi connectivity index (χ1v) is 10.2. The van der Waals surface area contributed by atoms with E-state index >= 15 is 0 Å². The molecule has 0 aliphatic heterocycles. The number of amides is 1. The third kappa shape index (κ3) is 6.10. The zero-order valence-corrected chi connectivity index (χ0v) is 17.8. The van der Waals surface area contributed by atoms with Crippen molar-refractivity contribution in [1.29, 1.82) is 5.26 Å². The second kappa shape index (κ2) is 10.8. The third-order valence-electron chi connectivity index (χ3n) is 4.95. The number of aryl methyl sites for hydroxylation is 1. The molecule has 3 aromatic carbocycles. The van der Waals surface area contributed by atoms with Crippen molar-refractivity contribution in [3.63, 3.8) is 0 Å². The minimum absolute atomic E-state index is 0.0372. The molecule has 0 saturated carbocycles. The van der Waals surface area contributed by atoms with Gasteiger partial charge in [0.05, 0.1) is 31.4 Å². The first kappa shape index (κ1) is 21.9. The Morgan fingerprint density at radius 3 is 2.39 bits per heavy atom. The van der Waals surface area contributed by atoms with Gasteiger partial charge in [-0.05, 0) is 36.6 Å². The van der Waals surface area contributed by atoms with Gasteiger partial charge in [-0.2, -0.15) is 5.26 Å². The zero-order chi connectivity index (χ0) is 22.1. The summed E-state index contributed by atoms with van der Waals surface area (Å²) < 4.78 is 11.0. The predicted molar refractivity (Wildman–Crippen MR) is 120 cm³/mol. The van der Waals surface area contributed by atoms with Gasteiger partial charge in [0.15, 0.2) is 11.5 Å². The van der Waals surface area contributed by atoms with Crippen molar-refractivity contribution in [1.82, 2.24) is 5.32 Å². The van der Waals surface area contributed by atoms with E-state index in [0.717, 1.165) is 11.1 Å². The molecule has 5 nitrogen and oxygen atoms in total. The number of hydrogen-bond donors (Lipinski definition) is 1. The van der Waals surface area contributed by atoms with Crippen molar-refractivity contribution >= 4 is 5.91 Å².